The molecular weight excluding hydrogens is 456 g/mol. The second-order valence-electron chi connectivity index (χ2n) is 10.3. The second kappa shape index (κ2) is 9.80. The Hall–Kier alpha value is -3.61. The molecule has 1 aliphatic carbocycles. The molecule has 7 nitrogen and oxygen atoms in total. The Morgan fingerprint density at radius 1 is 1.14 bits per heavy atom. The van der Waals surface area contributed by atoms with Gasteiger partial charge in [-0.15, -0.1) is 0 Å². The van der Waals surface area contributed by atoms with Crippen molar-refractivity contribution in [2.24, 2.45) is 11.3 Å². The van der Waals surface area contributed by atoms with E-state index in [0.717, 1.165) is 53.4 Å². The third-order valence-corrected chi connectivity index (χ3v) is 7.74. The van der Waals surface area contributed by atoms with Crippen LogP contribution in [0.15, 0.2) is 42.5 Å². The molecule has 2 aliphatic rings. The topological polar surface area (TPSA) is 86.8 Å². The molecule has 7 heteroatoms. The summed E-state index contributed by atoms with van der Waals surface area (Å²) in [6.45, 7) is 6.95. The highest BCUT2D eigenvalue weighted by atomic mass is 16.7. The number of hydrogen-bond donors (Lipinski definition) is 1. The smallest absolute Gasteiger partial charge is 0.339 e. The van der Waals surface area contributed by atoms with Crippen molar-refractivity contribution in [1.82, 2.24) is 10.3 Å². The number of ether oxygens (including phenoxy) is 3. The molecule has 36 heavy (non-hydrogen) atoms. The molecule has 0 fully saturated rings. The van der Waals surface area contributed by atoms with Crippen LogP contribution in [0.2, 0.25) is 0 Å². The molecule has 2 heterocycles. The van der Waals surface area contributed by atoms with Gasteiger partial charge < -0.3 is 19.5 Å². The molecule has 0 spiro atoms. The zero-order valence-electron chi connectivity index (χ0n) is 21.1. The second-order valence-corrected chi connectivity index (χ2v) is 10.3. The summed E-state index contributed by atoms with van der Waals surface area (Å²) in [4.78, 5) is 30.8. The summed E-state index contributed by atoms with van der Waals surface area (Å²) >= 11 is 0. The first-order valence-electron chi connectivity index (χ1n) is 12.6. The van der Waals surface area contributed by atoms with Gasteiger partial charge in [-0.05, 0) is 59.9 Å². The van der Waals surface area contributed by atoms with E-state index in [0.29, 0.717) is 29.5 Å². The van der Waals surface area contributed by atoms with Crippen molar-refractivity contribution in [2.75, 3.05) is 13.4 Å². The van der Waals surface area contributed by atoms with Gasteiger partial charge in [0, 0.05) is 17.6 Å². The zero-order valence-corrected chi connectivity index (χ0v) is 21.1. The van der Waals surface area contributed by atoms with Gasteiger partial charge in [-0.25, -0.2) is 4.79 Å². The molecule has 5 rings (SSSR count). The van der Waals surface area contributed by atoms with Gasteiger partial charge in [0.2, 0.25) is 6.79 Å². The third kappa shape index (κ3) is 4.74. The number of nitrogens with one attached hydrogen (secondary N) is 1. The molecule has 1 aromatic heterocycles. The van der Waals surface area contributed by atoms with Crippen LogP contribution < -0.4 is 14.8 Å². The summed E-state index contributed by atoms with van der Waals surface area (Å²) in [5, 5.41) is 3.58. The number of nitrogens with zero attached hydrogens (tertiary/aromatic N) is 1. The number of hydrogen-bond acceptors (Lipinski definition) is 6. The number of amides is 1. The summed E-state index contributed by atoms with van der Waals surface area (Å²) in [6, 6.07) is 13.2. The number of para-hydroxylation sites is 1. The quantitative estimate of drug-likeness (QED) is 0.472. The molecule has 1 N–H and O–H groups in total. The van der Waals surface area contributed by atoms with Crippen LogP contribution in [-0.2, 0) is 28.9 Å². The Kier molecular flexibility index (Phi) is 6.56. The first kappa shape index (κ1) is 24.1. The molecule has 2 aromatic carbocycles. The Labute approximate surface area is 211 Å². The fourth-order valence-electron chi connectivity index (χ4n) is 5.08. The number of fused-ring (bicyclic) bond motifs is 3. The minimum atomic E-state index is -0.474. The number of pyridine rings is 1. The average molecular weight is 489 g/mol. The van der Waals surface area contributed by atoms with Crippen molar-refractivity contribution >= 4 is 22.8 Å². The van der Waals surface area contributed by atoms with Gasteiger partial charge in [0.05, 0.1) is 11.1 Å². The summed E-state index contributed by atoms with van der Waals surface area (Å²) in [5.41, 5.74) is 4.31. The van der Waals surface area contributed by atoms with Gasteiger partial charge in [0.1, 0.15) is 0 Å². The van der Waals surface area contributed by atoms with Crippen LogP contribution >= 0.6 is 0 Å². The van der Waals surface area contributed by atoms with Gasteiger partial charge in [-0.2, -0.15) is 0 Å². The molecule has 0 bridgehead atoms. The van der Waals surface area contributed by atoms with E-state index in [1.807, 2.05) is 42.5 Å². The lowest BCUT2D eigenvalue weighted by atomic mass is 9.68. The summed E-state index contributed by atoms with van der Waals surface area (Å²) in [5.74, 6) is 0.967. The number of benzene rings is 2. The molecule has 0 saturated heterocycles. The molecule has 1 amide bonds. The van der Waals surface area contributed by atoms with Gasteiger partial charge >= 0.3 is 5.97 Å². The van der Waals surface area contributed by atoms with E-state index >= 15 is 0 Å². The van der Waals surface area contributed by atoms with Crippen LogP contribution in [0.4, 0.5) is 0 Å². The minimum absolute atomic E-state index is 0.166. The third-order valence-electron chi connectivity index (χ3n) is 7.74. The van der Waals surface area contributed by atoms with Crippen molar-refractivity contribution in [1.29, 1.82) is 0 Å². The number of rotatable bonds is 7. The van der Waals surface area contributed by atoms with E-state index < -0.39 is 5.97 Å². The van der Waals surface area contributed by atoms with Gasteiger partial charge in [0.25, 0.3) is 5.91 Å². The molecule has 0 radical (unpaired) electrons. The number of carbonyl (C=O) groups is 2. The molecule has 1 atom stereocenters. The van der Waals surface area contributed by atoms with Gasteiger partial charge in [-0.1, -0.05) is 51.5 Å². The number of aromatic nitrogens is 1. The van der Waals surface area contributed by atoms with Crippen molar-refractivity contribution in [3.05, 3.63) is 64.8 Å². The van der Waals surface area contributed by atoms with E-state index in [1.54, 1.807) is 0 Å². The maximum atomic E-state index is 13.4. The maximum Gasteiger partial charge on any atom is 0.339 e. The lowest BCUT2D eigenvalue weighted by Gasteiger charge is -2.37. The van der Waals surface area contributed by atoms with Crippen LogP contribution in [0.3, 0.4) is 0 Å². The van der Waals surface area contributed by atoms with Crippen molar-refractivity contribution in [3.8, 4) is 11.5 Å². The maximum absolute atomic E-state index is 13.4. The first-order valence-corrected chi connectivity index (χ1v) is 12.6. The standard InChI is InChI=1S/C29H32N2O5/c1-4-29(2,3)19-10-11-23-21(14-19)27(20-7-5-6-8-22(20)31-23)28(33)34-16-26(32)30-15-18-9-12-24-25(13-18)36-17-35-24/h5-9,12-13,19H,4,10-11,14-17H2,1-3H3,(H,30,32)/t19-/m0/s1. The van der Waals surface area contributed by atoms with Crippen LogP contribution in [0.1, 0.15) is 60.8 Å². The van der Waals surface area contributed by atoms with Crippen molar-refractivity contribution in [3.63, 3.8) is 0 Å². The van der Waals surface area contributed by atoms with E-state index in [9.17, 15) is 9.59 Å². The molecule has 1 aliphatic heterocycles. The number of esters is 1. The van der Waals surface area contributed by atoms with Gasteiger partial charge in [0.15, 0.2) is 18.1 Å². The Bertz CT molecular complexity index is 1320. The Balaban J connectivity index is 1.31. The molecule has 0 saturated carbocycles. The molecular formula is C29H32N2O5. The summed E-state index contributed by atoms with van der Waals surface area (Å²) < 4.78 is 16.2. The fraction of sp³-hybridized carbons (Fsp3) is 0.414. The van der Waals surface area contributed by atoms with Crippen LogP contribution in [0.25, 0.3) is 10.9 Å². The molecule has 3 aromatic rings. The van der Waals surface area contributed by atoms with E-state index in [4.69, 9.17) is 19.2 Å². The Morgan fingerprint density at radius 3 is 2.78 bits per heavy atom. The van der Waals surface area contributed by atoms with E-state index in [2.05, 4.69) is 26.1 Å². The first-order chi connectivity index (χ1) is 17.4. The molecule has 0 unspecified atom stereocenters. The average Bonchev–Trinajstić information content (AvgIpc) is 3.36. The predicted molar refractivity (Wildman–Crippen MR) is 136 cm³/mol. The fourth-order valence-corrected chi connectivity index (χ4v) is 5.08. The van der Waals surface area contributed by atoms with Crippen LogP contribution in [0, 0.1) is 11.3 Å². The lowest BCUT2D eigenvalue weighted by molar-refractivity contribution is -0.124. The highest BCUT2D eigenvalue weighted by Crippen LogP contribution is 2.41. The monoisotopic (exact) mass is 488 g/mol. The lowest BCUT2D eigenvalue weighted by Crippen LogP contribution is -2.31. The Morgan fingerprint density at radius 2 is 1.94 bits per heavy atom. The molecule has 188 valence electrons. The summed E-state index contributed by atoms with van der Waals surface area (Å²) in [6.07, 6.45) is 3.74. The highest BCUT2D eigenvalue weighted by molar-refractivity contribution is 6.05. The number of aryl methyl sites for hydroxylation is 1. The highest BCUT2D eigenvalue weighted by Gasteiger charge is 2.34. The predicted octanol–water partition coefficient (Wildman–Crippen LogP) is 4.98. The normalized spacial score (nSPS) is 16.5. The van der Waals surface area contributed by atoms with Gasteiger partial charge in [-0.3, -0.25) is 9.78 Å². The largest absolute Gasteiger partial charge is 0.454 e. The summed E-state index contributed by atoms with van der Waals surface area (Å²) in [7, 11) is 0. The number of carbonyl (C=O) groups excluding carboxylic acids is 2. The minimum Gasteiger partial charge on any atom is -0.454 e. The zero-order chi connectivity index (χ0) is 25.3. The van der Waals surface area contributed by atoms with Crippen LogP contribution in [0.5, 0.6) is 11.5 Å². The van der Waals surface area contributed by atoms with Crippen LogP contribution in [-0.4, -0.2) is 30.3 Å². The van der Waals surface area contributed by atoms with E-state index in [1.165, 1.54) is 0 Å². The van der Waals surface area contributed by atoms with Crippen molar-refractivity contribution < 1.29 is 23.8 Å². The SMILES string of the molecule is CCC(C)(C)[C@H]1CCc2nc3ccccc3c(C(=O)OCC(=O)NCc3ccc4c(c3)OCO4)c2C1. The van der Waals surface area contributed by atoms with E-state index in [-0.39, 0.29) is 24.7 Å². The van der Waals surface area contributed by atoms with Crippen molar-refractivity contribution in [2.45, 2.75) is 53.0 Å².